The number of aryl methyl sites for hydroxylation is 2. The SMILES string of the molecule is CCN(C1CCC(C(=O)O)CC1)S(=O)(=O)c1cncc(C(=O)Nc2ccc(N3CCCCC3)cc2C(=O)Nc2ccc(CCc3ccc(C(=O)O)cc3)cc2)c1. The summed E-state index contributed by atoms with van der Waals surface area (Å²) in [7, 11) is -4.06. The number of nitrogens with one attached hydrogen (secondary N) is 2. The predicted octanol–water partition coefficient (Wildman–Crippen LogP) is 6.71. The van der Waals surface area contributed by atoms with Crippen LogP contribution in [0.1, 0.15) is 94.1 Å². The first-order valence-electron chi connectivity index (χ1n) is 19.1. The Bertz CT molecular complexity index is 2160. The van der Waals surface area contributed by atoms with Gasteiger partial charge in [-0.15, -0.1) is 0 Å². The molecule has 1 aliphatic carbocycles. The molecule has 2 aliphatic rings. The molecule has 2 fully saturated rings. The van der Waals surface area contributed by atoms with E-state index < -0.39 is 39.7 Å². The van der Waals surface area contributed by atoms with Gasteiger partial charge in [0.1, 0.15) is 4.90 Å². The number of amides is 2. The molecule has 294 valence electrons. The number of nitrogens with zero attached hydrogens (tertiary/aromatic N) is 3. The van der Waals surface area contributed by atoms with Gasteiger partial charge in [0.2, 0.25) is 10.0 Å². The number of pyridine rings is 1. The molecule has 1 saturated carbocycles. The number of sulfonamides is 1. The van der Waals surface area contributed by atoms with E-state index in [1.165, 1.54) is 22.8 Å². The van der Waals surface area contributed by atoms with Gasteiger partial charge in [-0.3, -0.25) is 19.4 Å². The number of carboxylic acids is 2. The van der Waals surface area contributed by atoms with Crippen LogP contribution in [0.25, 0.3) is 0 Å². The fourth-order valence-corrected chi connectivity index (χ4v) is 9.17. The van der Waals surface area contributed by atoms with Crippen molar-refractivity contribution in [1.82, 2.24) is 9.29 Å². The second kappa shape index (κ2) is 17.9. The van der Waals surface area contributed by atoms with Gasteiger partial charge >= 0.3 is 11.9 Å². The first kappa shape index (κ1) is 40.1. The lowest BCUT2D eigenvalue weighted by atomic mass is 9.86. The van der Waals surface area contributed by atoms with Crippen molar-refractivity contribution in [2.45, 2.75) is 75.6 Å². The summed E-state index contributed by atoms with van der Waals surface area (Å²) < 4.78 is 29.0. The average molecular weight is 782 g/mol. The Labute approximate surface area is 326 Å². The number of rotatable bonds is 14. The molecule has 0 atom stereocenters. The van der Waals surface area contributed by atoms with E-state index >= 15 is 0 Å². The van der Waals surface area contributed by atoms with Crippen molar-refractivity contribution in [3.8, 4) is 0 Å². The van der Waals surface area contributed by atoms with Crippen LogP contribution in [0.2, 0.25) is 0 Å². The molecule has 1 aliphatic heterocycles. The summed E-state index contributed by atoms with van der Waals surface area (Å²) in [5, 5.41) is 24.3. The topological polar surface area (TPSA) is 186 Å². The van der Waals surface area contributed by atoms with Crippen molar-refractivity contribution in [1.29, 1.82) is 0 Å². The number of carbonyl (C=O) groups is 4. The number of hydrogen-bond acceptors (Lipinski definition) is 8. The van der Waals surface area contributed by atoms with Crippen LogP contribution in [-0.2, 0) is 27.7 Å². The summed E-state index contributed by atoms with van der Waals surface area (Å²) in [5.74, 6) is -3.40. The number of aromatic nitrogens is 1. The molecule has 0 unspecified atom stereocenters. The van der Waals surface area contributed by atoms with E-state index in [-0.39, 0.29) is 39.9 Å². The van der Waals surface area contributed by atoms with Crippen molar-refractivity contribution in [3.05, 3.63) is 113 Å². The maximum atomic E-state index is 13.9. The molecule has 6 rings (SSSR count). The van der Waals surface area contributed by atoms with Gasteiger partial charge in [0.25, 0.3) is 11.8 Å². The number of benzene rings is 3. The fraction of sp³-hybridized carbons (Fsp3) is 0.357. The Morgan fingerprint density at radius 2 is 1.41 bits per heavy atom. The Morgan fingerprint density at radius 3 is 2.02 bits per heavy atom. The maximum absolute atomic E-state index is 13.9. The molecule has 4 N–H and O–H groups in total. The molecule has 1 saturated heterocycles. The number of aliphatic carboxylic acids is 1. The van der Waals surface area contributed by atoms with Gasteiger partial charge in [-0.25, -0.2) is 13.2 Å². The molecular weight excluding hydrogens is 735 g/mol. The summed E-state index contributed by atoms with van der Waals surface area (Å²) in [6.45, 7) is 3.60. The summed E-state index contributed by atoms with van der Waals surface area (Å²) in [4.78, 5) is 56.4. The number of carbonyl (C=O) groups excluding carboxylic acids is 2. The van der Waals surface area contributed by atoms with E-state index in [9.17, 15) is 32.7 Å². The molecule has 1 aromatic heterocycles. The molecule has 2 amide bonds. The molecular formula is C42H47N5O8S. The molecule has 14 heteroatoms. The lowest BCUT2D eigenvalue weighted by molar-refractivity contribution is -0.143. The minimum atomic E-state index is -4.06. The minimum Gasteiger partial charge on any atom is -0.481 e. The Balaban J connectivity index is 1.17. The summed E-state index contributed by atoms with van der Waals surface area (Å²) in [5.41, 5.74) is 4.19. The van der Waals surface area contributed by atoms with E-state index in [2.05, 4.69) is 20.5 Å². The van der Waals surface area contributed by atoms with Crippen molar-refractivity contribution >= 4 is 50.8 Å². The first-order chi connectivity index (χ1) is 26.9. The zero-order valence-corrected chi connectivity index (χ0v) is 32.1. The highest BCUT2D eigenvalue weighted by Gasteiger charge is 2.35. The number of piperidine rings is 1. The van der Waals surface area contributed by atoms with E-state index in [4.69, 9.17) is 5.11 Å². The largest absolute Gasteiger partial charge is 0.481 e. The van der Waals surface area contributed by atoms with Crippen molar-refractivity contribution in [3.63, 3.8) is 0 Å². The van der Waals surface area contributed by atoms with Crippen LogP contribution in [0, 0.1) is 5.92 Å². The van der Waals surface area contributed by atoms with Crippen molar-refractivity contribution in [2.75, 3.05) is 35.2 Å². The highest BCUT2D eigenvalue weighted by Crippen LogP contribution is 2.32. The Hall–Kier alpha value is -5.60. The van der Waals surface area contributed by atoms with Gasteiger partial charge < -0.3 is 25.7 Å². The molecule has 4 aromatic rings. The molecule has 2 heterocycles. The Kier molecular flexibility index (Phi) is 12.8. The normalized spacial score (nSPS) is 17.3. The monoisotopic (exact) mass is 781 g/mol. The smallest absolute Gasteiger partial charge is 0.335 e. The van der Waals surface area contributed by atoms with Crippen LogP contribution < -0.4 is 15.5 Å². The molecule has 56 heavy (non-hydrogen) atoms. The summed E-state index contributed by atoms with van der Waals surface area (Å²) in [6.07, 6.45) is 8.73. The second-order valence-electron chi connectivity index (χ2n) is 14.3. The second-order valence-corrected chi connectivity index (χ2v) is 16.2. The third-order valence-electron chi connectivity index (χ3n) is 10.7. The van der Waals surface area contributed by atoms with Crippen LogP contribution in [0.15, 0.2) is 90.1 Å². The lowest BCUT2D eigenvalue weighted by Crippen LogP contribution is -2.43. The standard InChI is InChI=1S/C42H47N5O8S/c1-2-47(34-18-14-31(15-19-34)42(52)53)56(54,55)36-24-32(26-43-27-36)39(48)45-38-21-20-35(46-22-4-3-5-23-46)25-37(38)40(49)44-33-16-10-29(11-17-33)7-6-28-8-12-30(13-9-28)41(50)51/h8-13,16-17,20-21,24-27,31,34H,2-7,14-15,18-19,22-23H2,1H3,(H,44,49)(H,45,48)(H,50,51)(H,52,53). The van der Waals surface area contributed by atoms with Gasteiger partial charge in [-0.05, 0) is 117 Å². The maximum Gasteiger partial charge on any atom is 0.335 e. The van der Waals surface area contributed by atoms with Crippen LogP contribution in [0.3, 0.4) is 0 Å². The molecule has 0 spiro atoms. The predicted molar refractivity (Wildman–Crippen MR) is 213 cm³/mol. The molecule has 0 radical (unpaired) electrons. The molecule has 3 aromatic carbocycles. The van der Waals surface area contributed by atoms with E-state index in [1.54, 1.807) is 43.3 Å². The van der Waals surface area contributed by atoms with E-state index in [0.29, 0.717) is 37.8 Å². The first-order valence-corrected chi connectivity index (χ1v) is 20.5. The third kappa shape index (κ3) is 9.61. The zero-order chi connectivity index (χ0) is 39.8. The highest BCUT2D eigenvalue weighted by atomic mass is 32.2. The van der Waals surface area contributed by atoms with Crippen molar-refractivity contribution < 1.29 is 37.8 Å². The van der Waals surface area contributed by atoms with Gasteiger partial charge in [-0.1, -0.05) is 31.2 Å². The van der Waals surface area contributed by atoms with Crippen LogP contribution in [0.4, 0.5) is 17.1 Å². The zero-order valence-electron chi connectivity index (χ0n) is 31.3. The number of carboxylic acid groups (broad SMARTS) is 2. The average Bonchev–Trinajstić information content (AvgIpc) is 3.21. The van der Waals surface area contributed by atoms with E-state index in [1.807, 2.05) is 30.3 Å². The van der Waals surface area contributed by atoms with Crippen molar-refractivity contribution in [2.24, 2.45) is 5.92 Å². The minimum absolute atomic E-state index is 0.00315. The van der Waals surface area contributed by atoms with E-state index in [0.717, 1.165) is 55.6 Å². The summed E-state index contributed by atoms with van der Waals surface area (Å²) in [6, 6.07) is 20.5. The van der Waals surface area contributed by atoms with Crippen LogP contribution >= 0.6 is 0 Å². The number of aromatic carboxylic acids is 1. The number of anilines is 3. The van der Waals surface area contributed by atoms with Crippen LogP contribution in [-0.4, -0.2) is 77.3 Å². The number of hydrogen-bond donors (Lipinski definition) is 4. The summed E-state index contributed by atoms with van der Waals surface area (Å²) >= 11 is 0. The van der Waals surface area contributed by atoms with Gasteiger partial charge in [0, 0.05) is 49.4 Å². The highest BCUT2D eigenvalue weighted by molar-refractivity contribution is 7.89. The molecule has 13 nitrogen and oxygen atoms in total. The van der Waals surface area contributed by atoms with Gasteiger partial charge in [0.05, 0.1) is 28.3 Å². The Morgan fingerprint density at radius 1 is 0.768 bits per heavy atom. The molecule has 0 bridgehead atoms. The van der Waals surface area contributed by atoms with Crippen LogP contribution in [0.5, 0.6) is 0 Å². The quantitative estimate of drug-likeness (QED) is 0.107. The van der Waals surface area contributed by atoms with Gasteiger partial charge in [0.15, 0.2) is 0 Å². The fourth-order valence-electron chi connectivity index (χ4n) is 7.48. The lowest BCUT2D eigenvalue weighted by Gasteiger charge is -2.34. The van der Waals surface area contributed by atoms with Gasteiger partial charge in [-0.2, -0.15) is 4.31 Å². The third-order valence-corrected chi connectivity index (χ3v) is 12.7.